The van der Waals surface area contributed by atoms with E-state index in [2.05, 4.69) is 16.4 Å². The monoisotopic (exact) mass is 227 g/mol. The van der Waals surface area contributed by atoms with Crippen molar-refractivity contribution in [2.24, 2.45) is 0 Å². The number of nitrogens with zero attached hydrogens (tertiary/aromatic N) is 2. The third-order valence-electron chi connectivity index (χ3n) is 2.38. The van der Waals surface area contributed by atoms with Gasteiger partial charge in [-0.2, -0.15) is 5.26 Å². The van der Waals surface area contributed by atoms with E-state index in [1.165, 1.54) is 12.1 Å². The molecule has 4 heteroatoms. The number of hydrogen-bond donors (Lipinski definition) is 1. The van der Waals surface area contributed by atoms with Crippen LogP contribution in [0.2, 0.25) is 0 Å². The van der Waals surface area contributed by atoms with Crippen molar-refractivity contribution in [1.29, 1.82) is 5.26 Å². The normalized spacial score (nSPS) is 9.71. The summed E-state index contributed by atoms with van der Waals surface area (Å²) in [6, 6.07) is 9.77. The van der Waals surface area contributed by atoms with Crippen LogP contribution in [0.25, 0.3) is 0 Å². The van der Waals surface area contributed by atoms with Gasteiger partial charge in [-0.25, -0.2) is 9.37 Å². The van der Waals surface area contributed by atoms with Crippen molar-refractivity contribution in [3.63, 3.8) is 0 Å². The molecule has 2 aromatic rings. The Bertz CT molecular complexity index is 570. The first-order valence-corrected chi connectivity index (χ1v) is 5.09. The van der Waals surface area contributed by atoms with Crippen molar-refractivity contribution >= 4 is 11.5 Å². The summed E-state index contributed by atoms with van der Waals surface area (Å²) in [5, 5.41) is 12.0. The molecule has 1 aromatic carbocycles. The van der Waals surface area contributed by atoms with E-state index in [0.29, 0.717) is 17.1 Å². The summed E-state index contributed by atoms with van der Waals surface area (Å²) in [4.78, 5) is 4.10. The fourth-order valence-corrected chi connectivity index (χ4v) is 1.46. The lowest BCUT2D eigenvalue weighted by molar-refractivity contribution is 0.628. The van der Waals surface area contributed by atoms with Gasteiger partial charge in [0, 0.05) is 11.9 Å². The van der Waals surface area contributed by atoms with Gasteiger partial charge in [0.2, 0.25) is 0 Å². The van der Waals surface area contributed by atoms with Crippen molar-refractivity contribution in [3.05, 3.63) is 53.5 Å². The van der Waals surface area contributed by atoms with E-state index in [-0.39, 0.29) is 5.82 Å². The number of hydrogen-bond acceptors (Lipinski definition) is 3. The van der Waals surface area contributed by atoms with Crippen LogP contribution >= 0.6 is 0 Å². The van der Waals surface area contributed by atoms with Crippen molar-refractivity contribution in [1.82, 2.24) is 4.98 Å². The molecule has 0 atom stereocenters. The molecule has 0 saturated carbocycles. The summed E-state index contributed by atoms with van der Waals surface area (Å²) in [7, 11) is 0. The van der Waals surface area contributed by atoms with E-state index in [0.717, 1.165) is 5.56 Å². The number of nitrogens with one attached hydrogen (secondary N) is 1. The molecule has 3 nitrogen and oxygen atoms in total. The molecule has 2 rings (SSSR count). The molecule has 0 aliphatic carbocycles. The first-order chi connectivity index (χ1) is 8.20. The minimum atomic E-state index is -0.298. The van der Waals surface area contributed by atoms with Gasteiger partial charge in [-0.15, -0.1) is 0 Å². The second-order valence-electron chi connectivity index (χ2n) is 3.60. The number of aromatic nitrogens is 1. The summed E-state index contributed by atoms with van der Waals surface area (Å²) in [5.74, 6) is 0.187. The maximum atomic E-state index is 12.7. The molecule has 0 bridgehead atoms. The van der Waals surface area contributed by atoms with Crippen LogP contribution in [0.5, 0.6) is 0 Å². The molecule has 0 fully saturated rings. The number of anilines is 2. The van der Waals surface area contributed by atoms with Crippen LogP contribution in [0.15, 0.2) is 36.5 Å². The Morgan fingerprint density at radius 1 is 1.24 bits per heavy atom. The highest BCUT2D eigenvalue weighted by molar-refractivity contribution is 5.64. The molecule has 0 unspecified atom stereocenters. The molecule has 84 valence electrons. The number of aryl methyl sites for hydroxylation is 1. The Hall–Kier alpha value is -2.41. The Kier molecular flexibility index (Phi) is 3.01. The minimum absolute atomic E-state index is 0.298. The Balaban J connectivity index is 2.34. The van der Waals surface area contributed by atoms with Crippen LogP contribution in [-0.2, 0) is 0 Å². The lowest BCUT2D eigenvalue weighted by atomic mass is 10.1. The molecule has 0 radical (unpaired) electrons. The zero-order chi connectivity index (χ0) is 12.3. The van der Waals surface area contributed by atoms with E-state index in [9.17, 15) is 4.39 Å². The first-order valence-electron chi connectivity index (χ1n) is 5.09. The van der Waals surface area contributed by atoms with Gasteiger partial charge in [-0.05, 0) is 42.8 Å². The van der Waals surface area contributed by atoms with Crippen LogP contribution in [0.1, 0.15) is 11.1 Å². The van der Waals surface area contributed by atoms with Gasteiger partial charge in [0.25, 0.3) is 0 Å². The fraction of sp³-hybridized carbons (Fsp3) is 0.0769. The van der Waals surface area contributed by atoms with Crippen molar-refractivity contribution < 1.29 is 4.39 Å². The van der Waals surface area contributed by atoms with E-state index in [4.69, 9.17) is 5.26 Å². The molecule has 17 heavy (non-hydrogen) atoms. The highest BCUT2D eigenvalue weighted by atomic mass is 19.1. The zero-order valence-corrected chi connectivity index (χ0v) is 9.24. The second kappa shape index (κ2) is 4.62. The molecule has 1 aromatic heterocycles. The lowest BCUT2D eigenvalue weighted by Gasteiger charge is -2.08. The predicted octanol–water partition coefficient (Wildman–Crippen LogP) is 3.14. The molecule has 0 aliphatic heterocycles. The number of benzene rings is 1. The van der Waals surface area contributed by atoms with E-state index in [1.807, 2.05) is 6.92 Å². The maximum absolute atomic E-state index is 12.7. The second-order valence-corrected chi connectivity index (χ2v) is 3.60. The molecule has 0 amide bonds. The average molecular weight is 227 g/mol. The smallest absolute Gasteiger partial charge is 0.148 e. The van der Waals surface area contributed by atoms with E-state index < -0.39 is 0 Å². The van der Waals surface area contributed by atoms with Gasteiger partial charge >= 0.3 is 0 Å². The number of rotatable bonds is 2. The van der Waals surface area contributed by atoms with E-state index in [1.54, 1.807) is 24.4 Å². The Morgan fingerprint density at radius 3 is 2.59 bits per heavy atom. The van der Waals surface area contributed by atoms with E-state index >= 15 is 0 Å². The minimum Gasteiger partial charge on any atom is -0.339 e. The van der Waals surface area contributed by atoms with Gasteiger partial charge in [0.05, 0.1) is 5.56 Å². The summed E-state index contributed by atoms with van der Waals surface area (Å²) < 4.78 is 12.7. The van der Waals surface area contributed by atoms with Gasteiger partial charge in [0.1, 0.15) is 17.7 Å². The van der Waals surface area contributed by atoms with Crippen LogP contribution in [0, 0.1) is 24.1 Å². The van der Waals surface area contributed by atoms with Crippen LogP contribution < -0.4 is 5.32 Å². The molecule has 0 spiro atoms. The molecule has 1 N–H and O–H groups in total. The largest absolute Gasteiger partial charge is 0.339 e. The highest BCUT2D eigenvalue weighted by Crippen LogP contribution is 2.20. The molecule has 1 heterocycles. The lowest BCUT2D eigenvalue weighted by Crippen LogP contribution is -1.98. The first kappa shape index (κ1) is 11.1. The molecule has 0 aliphatic rings. The average Bonchev–Trinajstić information content (AvgIpc) is 2.32. The fourth-order valence-electron chi connectivity index (χ4n) is 1.46. The Morgan fingerprint density at radius 2 is 1.94 bits per heavy atom. The molecule has 0 saturated heterocycles. The van der Waals surface area contributed by atoms with Gasteiger partial charge in [0.15, 0.2) is 0 Å². The highest BCUT2D eigenvalue weighted by Gasteiger charge is 2.06. The van der Waals surface area contributed by atoms with Crippen LogP contribution in [0.3, 0.4) is 0 Å². The number of pyridine rings is 1. The standard InChI is InChI=1S/C13H10FN3/c1-9-6-7-16-13(12(9)8-15)17-11-4-2-10(14)3-5-11/h2-7H,1H3,(H,16,17). The predicted molar refractivity (Wildman–Crippen MR) is 63.4 cm³/mol. The zero-order valence-electron chi connectivity index (χ0n) is 9.24. The topological polar surface area (TPSA) is 48.7 Å². The molecular weight excluding hydrogens is 217 g/mol. The van der Waals surface area contributed by atoms with Gasteiger partial charge < -0.3 is 5.32 Å². The van der Waals surface area contributed by atoms with Crippen LogP contribution in [0.4, 0.5) is 15.9 Å². The number of nitriles is 1. The van der Waals surface area contributed by atoms with Gasteiger partial charge in [-0.1, -0.05) is 0 Å². The summed E-state index contributed by atoms with van der Waals surface area (Å²) >= 11 is 0. The summed E-state index contributed by atoms with van der Waals surface area (Å²) in [5.41, 5.74) is 2.05. The third kappa shape index (κ3) is 2.40. The Labute approximate surface area is 98.5 Å². The quantitative estimate of drug-likeness (QED) is 0.857. The van der Waals surface area contributed by atoms with Crippen molar-refractivity contribution in [2.45, 2.75) is 6.92 Å². The maximum Gasteiger partial charge on any atom is 0.148 e. The van der Waals surface area contributed by atoms with Gasteiger partial charge in [-0.3, -0.25) is 0 Å². The summed E-state index contributed by atoms with van der Waals surface area (Å²) in [6.45, 7) is 1.84. The van der Waals surface area contributed by atoms with Crippen molar-refractivity contribution in [3.8, 4) is 6.07 Å². The third-order valence-corrected chi connectivity index (χ3v) is 2.38. The molecular formula is C13H10FN3. The number of halogens is 1. The summed E-state index contributed by atoms with van der Waals surface area (Å²) in [6.07, 6.45) is 1.63. The van der Waals surface area contributed by atoms with Crippen molar-refractivity contribution in [2.75, 3.05) is 5.32 Å². The van der Waals surface area contributed by atoms with Crippen LogP contribution in [-0.4, -0.2) is 4.98 Å². The SMILES string of the molecule is Cc1ccnc(Nc2ccc(F)cc2)c1C#N.